The van der Waals surface area contributed by atoms with Gasteiger partial charge < -0.3 is 10.0 Å². The second kappa shape index (κ2) is 4.07. The first-order valence-corrected chi connectivity index (χ1v) is 6.95. The number of aromatic nitrogens is 2. The number of amides is 1. The van der Waals surface area contributed by atoms with Gasteiger partial charge in [-0.1, -0.05) is 0 Å². The summed E-state index contributed by atoms with van der Waals surface area (Å²) in [6.45, 7) is 6.77. The van der Waals surface area contributed by atoms with Crippen molar-refractivity contribution in [3.8, 4) is 0 Å². The average molecular weight is 263 g/mol. The number of aryl methyl sites for hydroxylation is 2. The third kappa shape index (κ3) is 1.96. The molecule has 1 aliphatic carbocycles. The van der Waals surface area contributed by atoms with Crippen LogP contribution in [0.5, 0.6) is 0 Å². The van der Waals surface area contributed by atoms with Crippen LogP contribution in [0, 0.1) is 19.8 Å². The molecule has 5 nitrogen and oxygen atoms in total. The zero-order chi connectivity index (χ0) is 13.8. The fraction of sp³-hybridized carbons (Fsp3) is 0.714. The first-order chi connectivity index (χ1) is 8.92. The summed E-state index contributed by atoms with van der Waals surface area (Å²) in [5.74, 6) is 0.324. The van der Waals surface area contributed by atoms with E-state index in [0.717, 1.165) is 29.8 Å². The molecule has 2 N–H and O–H groups in total. The summed E-state index contributed by atoms with van der Waals surface area (Å²) >= 11 is 0. The highest BCUT2D eigenvalue weighted by Gasteiger charge is 2.53. The molecule has 1 atom stereocenters. The molecule has 0 spiro atoms. The molecule has 3 rings (SSSR count). The maximum absolute atomic E-state index is 12.4. The molecule has 1 aliphatic heterocycles. The Hall–Kier alpha value is -1.36. The van der Waals surface area contributed by atoms with Crippen LogP contribution in [0.15, 0.2) is 0 Å². The first kappa shape index (κ1) is 12.7. The van der Waals surface area contributed by atoms with E-state index in [2.05, 4.69) is 10.2 Å². The van der Waals surface area contributed by atoms with Crippen LogP contribution in [0.4, 0.5) is 0 Å². The van der Waals surface area contributed by atoms with Crippen LogP contribution in [0.3, 0.4) is 0 Å². The van der Waals surface area contributed by atoms with E-state index in [-0.39, 0.29) is 11.8 Å². The Balaban J connectivity index is 1.68. The standard InChI is InChI=1S/C14H21N3O2/c1-8(12-9(2)15-16-10(12)3)13(18)17-6-14(19,7-17)11-4-5-11/h8,11,19H,4-7H2,1-3H3,(H,15,16). The van der Waals surface area contributed by atoms with Gasteiger partial charge in [-0.25, -0.2) is 0 Å². The summed E-state index contributed by atoms with van der Waals surface area (Å²) in [5.41, 5.74) is 2.23. The Morgan fingerprint density at radius 1 is 1.47 bits per heavy atom. The average Bonchev–Trinajstić information content (AvgIpc) is 3.11. The second-order valence-electron chi connectivity index (χ2n) is 6.14. The number of nitrogens with zero attached hydrogens (tertiary/aromatic N) is 2. The molecule has 1 aromatic rings. The predicted molar refractivity (Wildman–Crippen MR) is 70.7 cm³/mol. The van der Waals surface area contributed by atoms with Gasteiger partial charge in [0.05, 0.1) is 24.7 Å². The molecule has 19 heavy (non-hydrogen) atoms. The molecule has 2 heterocycles. The lowest BCUT2D eigenvalue weighted by Crippen LogP contribution is -2.65. The molecule has 1 unspecified atom stereocenters. The number of likely N-dealkylation sites (tertiary alicyclic amines) is 1. The first-order valence-electron chi connectivity index (χ1n) is 6.95. The van der Waals surface area contributed by atoms with Gasteiger partial charge in [0.15, 0.2) is 0 Å². The van der Waals surface area contributed by atoms with E-state index in [1.165, 1.54) is 0 Å². The number of hydrogen-bond acceptors (Lipinski definition) is 3. The number of H-pyrrole nitrogens is 1. The number of carbonyl (C=O) groups is 1. The Kier molecular flexibility index (Phi) is 2.71. The second-order valence-corrected chi connectivity index (χ2v) is 6.14. The Morgan fingerprint density at radius 3 is 2.58 bits per heavy atom. The summed E-state index contributed by atoms with van der Waals surface area (Å²) in [7, 11) is 0. The summed E-state index contributed by atoms with van der Waals surface area (Å²) in [4.78, 5) is 14.2. The van der Waals surface area contributed by atoms with Crippen molar-refractivity contribution >= 4 is 5.91 Å². The van der Waals surface area contributed by atoms with Gasteiger partial charge in [-0.05, 0) is 39.5 Å². The van der Waals surface area contributed by atoms with Crippen LogP contribution < -0.4 is 0 Å². The third-order valence-corrected chi connectivity index (χ3v) is 4.57. The monoisotopic (exact) mass is 263 g/mol. The number of nitrogens with one attached hydrogen (secondary N) is 1. The quantitative estimate of drug-likeness (QED) is 0.858. The van der Waals surface area contributed by atoms with Gasteiger partial charge in [-0.3, -0.25) is 9.89 Å². The molecule has 5 heteroatoms. The van der Waals surface area contributed by atoms with Crippen LogP contribution >= 0.6 is 0 Å². The van der Waals surface area contributed by atoms with Crippen molar-refractivity contribution in [1.82, 2.24) is 15.1 Å². The number of hydrogen-bond donors (Lipinski definition) is 2. The van der Waals surface area contributed by atoms with E-state index < -0.39 is 5.60 Å². The van der Waals surface area contributed by atoms with Crippen LogP contribution in [-0.2, 0) is 4.79 Å². The molecular weight excluding hydrogens is 242 g/mol. The van der Waals surface area contributed by atoms with Crippen molar-refractivity contribution in [2.45, 2.75) is 45.1 Å². The minimum Gasteiger partial charge on any atom is -0.386 e. The zero-order valence-electron chi connectivity index (χ0n) is 11.7. The SMILES string of the molecule is Cc1n[nH]c(C)c1C(C)C(=O)N1CC(O)(C2CC2)C1. The Labute approximate surface area is 113 Å². The normalized spacial score (nSPS) is 23.1. The van der Waals surface area contributed by atoms with Gasteiger partial charge in [0, 0.05) is 11.3 Å². The maximum Gasteiger partial charge on any atom is 0.230 e. The van der Waals surface area contributed by atoms with Crippen LogP contribution in [0.25, 0.3) is 0 Å². The van der Waals surface area contributed by atoms with Gasteiger partial charge in [0.2, 0.25) is 5.91 Å². The minimum absolute atomic E-state index is 0.0953. The zero-order valence-corrected chi connectivity index (χ0v) is 11.7. The lowest BCUT2D eigenvalue weighted by molar-refractivity contribution is -0.160. The molecule has 0 radical (unpaired) electrons. The molecule has 2 fully saturated rings. The van der Waals surface area contributed by atoms with Crippen molar-refractivity contribution < 1.29 is 9.90 Å². The molecule has 104 valence electrons. The largest absolute Gasteiger partial charge is 0.386 e. The molecule has 1 amide bonds. The molecular formula is C14H21N3O2. The summed E-state index contributed by atoms with van der Waals surface area (Å²) in [5, 5.41) is 17.3. The minimum atomic E-state index is -0.601. The lowest BCUT2D eigenvalue weighted by Gasteiger charge is -2.47. The molecule has 2 aliphatic rings. The van der Waals surface area contributed by atoms with Crippen molar-refractivity contribution in [2.24, 2.45) is 5.92 Å². The van der Waals surface area contributed by atoms with E-state index in [9.17, 15) is 9.90 Å². The van der Waals surface area contributed by atoms with Crippen LogP contribution in [-0.4, -0.2) is 44.8 Å². The van der Waals surface area contributed by atoms with Crippen molar-refractivity contribution in [1.29, 1.82) is 0 Å². The Bertz CT molecular complexity index is 493. The van der Waals surface area contributed by atoms with Crippen LogP contribution in [0.1, 0.15) is 42.6 Å². The van der Waals surface area contributed by atoms with Gasteiger partial charge >= 0.3 is 0 Å². The fourth-order valence-corrected chi connectivity index (χ4v) is 3.24. The van der Waals surface area contributed by atoms with E-state index in [0.29, 0.717) is 19.0 Å². The highest BCUT2D eigenvalue weighted by molar-refractivity contribution is 5.85. The highest BCUT2D eigenvalue weighted by atomic mass is 16.3. The molecule has 1 aromatic heterocycles. The number of rotatable bonds is 3. The van der Waals surface area contributed by atoms with E-state index in [4.69, 9.17) is 0 Å². The Morgan fingerprint density at radius 2 is 2.11 bits per heavy atom. The van der Waals surface area contributed by atoms with E-state index >= 15 is 0 Å². The van der Waals surface area contributed by atoms with E-state index in [1.807, 2.05) is 20.8 Å². The number of carbonyl (C=O) groups excluding carboxylic acids is 1. The van der Waals surface area contributed by atoms with Gasteiger partial charge in [-0.15, -0.1) is 0 Å². The summed E-state index contributed by atoms with van der Waals surface area (Å²) in [6.07, 6.45) is 2.21. The van der Waals surface area contributed by atoms with Gasteiger partial charge in [0.1, 0.15) is 5.60 Å². The van der Waals surface area contributed by atoms with Crippen molar-refractivity contribution in [3.05, 3.63) is 17.0 Å². The lowest BCUT2D eigenvalue weighted by atomic mass is 9.86. The van der Waals surface area contributed by atoms with Crippen molar-refractivity contribution in [2.75, 3.05) is 13.1 Å². The topological polar surface area (TPSA) is 69.2 Å². The maximum atomic E-state index is 12.4. The van der Waals surface area contributed by atoms with E-state index in [1.54, 1.807) is 4.90 Å². The summed E-state index contributed by atoms with van der Waals surface area (Å²) in [6, 6.07) is 0. The van der Waals surface area contributed by atoms with Gasteiger partial charge in [-0.2, -0.15) is 5.10 Å². The molecule has 1 saturated heterocycles. The summed E-state index contributed by atoms with van der Waals surface area (Å²) < 4.78 is 0. The molecule has 0 bridgehead atoms. The van der Waals surface area contributed by atoms with Crippen LogP contribution in [0.2, 0.25) is 0 Å². The smallest absolute Gasteiger partial charge is 0.230 e. The predicted octanol–water partition coefficient (Wildman–Crippen LogP) is 1.11. The molecule has 0 aromatic carbocycles. The third-order valence-electron chi connectivity index (χ3n) is 4.57. The number of aliphatic hydroxyl groups is 1. The number of β-amino-alcohol motifs (C(OH)–C–C–N with tert-alkyl or cyclic N) is 1. The highest BCUT2D eigenvalue weighted by Crippen LogP contribution is 2.45. The fourth-order valence-electron chi connectivity index (χ4n) is 3.24. The molecule has 1 saturated carbocycles. The van der Waals surface area contributed by atoms with Gasteiger partial charge in [0.25, 0.3) is 0 Å². The van der Waals surface area contributed by atoms with Crippen molar-refractivity contribution in [3.63, 3.8) is 0 Å². The number of aromatic amines is 1.